The van der Waals surface area contributed by atoms with Crippen LogP contribution in [0.3, 0.4) is 0 Å². The van der Waals surface area contributed by atoms with E-state index in [0.29, 0.717) is 42.2 Å². The van der Waals surface area contributed by atoms with Gasteiger partial charge in [-0.3, -0.25) is 4.90 Å². The molecule has 0 N–H and O–H groups in total. The lowest BCUT2D eigenvalue weighted by atomic mass is 10.1. The lowest BCUT2D eigenvalue weighted by Gasteiger charge is -2.26. The minimum absolute atomic E-state index is 0.279. The van der Waals surface area contributed by atoms with Crippen molar-refractivity contribution in [3.63, 3.8) is 0 Å². The van der Waals surface area contributed by atoms with Gasteiger partial charge >= 0.3 is 0 Å². The Morgan fingerprint density at radius 2 is 2.16 bits per heavy atom. The Morgan fingerprint density at radius 3 is 2.88 bits per heavy atom. The number of rotatable bonds is 5. The summed E-state index contributed by atoms with van der Waals surface area (Å²) in [4.78, 5) is 16.8. The molecule has 0 radical (unpaired) electrons. The highest BCUT2D eigenvalue weighted by molar-refractivity contribution is 5.41. The van der Waals surface area contributed by atoms with Crippen molar-refractivity contribution in [2.45, 2.75) is 52.1 Å². The maximum atomic E-state index is 14.5. The summed E-state index contributed by atoms with van der Waals surface area (Å²) in [6.07, 6.45) is 5.02. The third-order valence-corrected chi connectivity index (χ3v) is 4.76. The summed E-state index contributed by atoms with van der Waals surface area (Å²) in [5.41, 5.74) is 0.482. The van der Waals surface area contributed by atoms with Gasteiger partial charge in [0.1, 0.15) is 6.33 Å². The second-order valence-electron chi connectivity index (χ2n) is 6.53. The van der Waals surface area contributed by atoms with Gasteiger partial charge in [-0.25, -0.2) is 14.4 Å². The van der Waals surface area contributed by atoms with E-state index in [0.717, 1.165) is 32.4 Å². The second-order valence-corrected chi connectivity index (χ2v) is 6.53. The molecule has 0 spiro atoms. The number of nitrogens with zero attached hydrogens (tertiary/aromatic N) is 6. The number of hydrogen-bond donors (Lipinski definition) is 0. The van der Waals surface area contributed by atoms with Crippen LogP contribution in [0.4, 0.5) is 10.2 Å². The van der Waals surface area contributed by atoms with Gasteiger partial charge in [0.15, 0.2) is 17.5 Å². The van der Waals surface area contributed by atoms with E-state index >= 15 is 0 Å². The number of anilines is 1. The predicted molar refractivity (Wildman–Crippen MR) is 91.7 cm³/mol. The standard InChI is InChI=1S/C17H25FN6O/c1-4-14-16(18)17(20-11-19-14)24-8-5-6-13(7-9-24)23(3)10-15-21-12(2)25-22-15/h11,13H,4-10H2,1-3H3. The molecular formula is C17H25FN6O. The van der Waals surface area contributed by atoms with Crippen LogP contribution in [0.5, 0.6) is 0 Å². The molecule has 2 aromatic heterocycles. The molecule has 7 nitrogen and oxygen atoms in total. The second kappa shape index (κ2) is 7.86. The van der Waals surface area contributed by atoms with Crippen LogP contribution in [0.15, 0.2) is 10.9 Å². The summed E-state index contributed by atoms with van der Waals surface area (Å²) in [6.45, 7) is 5.94. The zero-order valence-corrected chi connectivity index (χ0v) is 15.1. The van der Waals surface area contributed by atoms with Crippen molar-refractivity contribution < 1.29 is 8.91 Å². The zero-order chi connectivity index (χ0) is 17.8. The van der Waals surface area contributed by atoms with E-state index in [4.69, 9.17) is 4.52 Å². The van der Waals surface area contributed by atoms with Crippen LogP contribution in [0.1, 0.15) is 43.6 Å². The Balaban J connectivity index is 1.64. The molecule has 1 aliphatic heterocycles. The molecule has 136 valence electrons. The highest BCUT2D eigenvalue weighted by Gasteiger charge is 2.24. The Morgan fingerprint density at radius 1 is 1.32 bits per heavy atom. The van der Waals surface area contributed by atoms with Gasteiger partial charge in [0.2, 0.25) is 5.89 Å². The summed E-state index contributed by atoms with van der Waals surface area (Å²) in [5.74, 6) is 1.44. The quantitative estimate of drug-likeness (QED) is 0.821. The number of aryl methyl sites for hydroxylation is 2. The fourth-order valence-corrected chi connectivity index (χ4v) is 3.35. The zero-order valence-electron chi connectivity index (χ0n) is 15.1. The van der Waals surface area contributed by atoms with Crippen molar-refractivity contribution in [3.8, 4) is 0 Å². The van der Waals surface area contributed by atoms with Gasteiger partial charge in [-0.2, -0.15) is 4.98 Å². The minimum atomic E-state index is -0.279. The normalized spacial score (nSPS) is 18.6. The van der Waals surface area contributed by atoms with E-state index < -0.39 is 0 Å². The molecule has 0 bridgehead atoms. The molecule has 25 heavy (non-hydrogen) atoms. The molecule has 0 aliphatic carbocycles. The topological polar surface area (TPSA) is 71.2 Å². The molecule has 1 saturated heterocycles. The summed E-state index contributed by atoms with van der Waals surface area (Å²) in [6, 6.07) is 0.402. The Kier molecular flexibility index (Phi) is 5.57. The lowest BCUT2D eigenvalue weighted by Crippen LogP contribution is -2.33. The third kappa shape index (κ3) is 4.12. The van der Waals surface area contributed by atoms with Crippen molar-refractivity contribution >= 4 is 5.82 Å². The first-order valence-electron chi connectivity index (χ1n) is 8.82. The van der Waals surface area contributed by atoms with E-state index in [-0.39, 0.29) is 5.82 Å². The fraction of sp³-hybridized carbons (Fsp3) is 0.647. The molecule has 2 aromatic rings. The van der Waals surface area contributed by atoms with E-state index in [9.17, 15) is 4.39 Å². The molecule has 0 aromatic carbocycles. The Bertz CT molecular complexity index is 706. The molecule has 0 amide bonds. The van der Waals surface area contributed by atoms with Crippen LogP contribution < -0.4 is 4.90 Å². The monoisotopic (exact) mass is 348 g/mol. The van der Waals surface area contributed by atoms with Gasteiger partial charge in [-0.1, -0.05) is 12.1 Å². The van der Waals surface area contributed by atoms with E-state index in [1.165, 1.54) is 6.33 Å². The molecule has 1 aliphatic rings. The number of aromatic nitrogens is 4. The molecule has 3 rings (SSSR count). The maximum absolute atomic E-state index is 14.5. The highest BCUT2D eigenvalue weighted by atomic mass is 19.1. The van der Waals surface area contributed by atoms with Crippen molar-refractivity contribution in [2.24, 2.45) is 0 Å². The number of halogens is 1. The van der Waals surface area contributed by atoms with Gasteiger partial charge in [0, 0.05) is 26.1 Å². The Labute approximate surface area is 147 Å². The van der Waals surface area contributed by atoms with Gasteiger partial charge < -0.3 is 9.42 Å². The molecular weight excluding hydrogens is 323 g/mol. The largest absolute Gasteiger partial charge is 0.354 e. The van der Waals surface area contributed by atoms with Gasteiger partial charge in [-0.15, -0.1) is 0 Å². The number of hydrogen-bond acceptors (Lipinski definition) is 7. The first kappa shape index (κ1) is 17.7. The summed E-state index contributed by atoms with van der Waals surface area (Å²) < 4.78 is 19.6. The third-order valence-electron chi connectivity index (χ3n) is 4.76. The average molecular weight is 348 g/mol. The van der Waals surface area contributed by atoms with E-state index in [1.54, 1.807) is 6.92 Å². The van der Waals surface area contributed by atoms with Crippen LogP contribution in [-0.2, 0) is 13.0 Å². The first-order chi connectivity index (χ1) is 12.1. The van der Waals surface area contributed by atoms with Crippen LogP contribution in [0.25, 0.3) is 0 Å². The molecule has 1 unspecified atom stereocenters. The molecule has 1 fully saturated rings. The predicted octanol–water partition coefficient (Wildman–Crippen LogP) is 2.36. The minimum Gasteiger partial charge on any atom is -0.354 e. The van der Waals surface area contributed by atoms with Crippen LogP contribution in [-0.4, -0.2) is 51.2 Å². The molecule has 3 heterocycles. The lowest BCUT2D eigenvalue weighted by molar-refractivity contribution is 0.209. The first-order valence-corrected chi connectivity index (χ1v) is 8.82. The van der Waals surface area contributed by atoms with Crippen molar-refractivity contribution in [3.05, 3.63) is 29.6 Å². The smallest absolute Gasteiger partial charge is 0.223 e. The van der Waals surface area contributed by atoms with Crippen LogP contribution >= 0.6 is 0 Å². The Hall–Kier alpha value is -2.09. The highest BCUT2D eigenvalue weighted by Crippen LogP contribution is 2.24. The van der Waals surface area contributed by atoms with Gasteiger partial charge in [-0.05, 0) is 32.7 Å². The van der Waals surface area contributed by atoms with Crippen molar-refractivity contribution in [2.75, 3.05) is 25.0 Å². The average Bonchev–Trinajstić information content (AvgIpc) is 2.86. The fourth-order valence-electron chi connectivity index (χ4n) is 3.35. The van der Waals surface area contributed by atoms with Crippen LogP contribution in [0.2, 0.25) is 0 Å². The molecule has 0 saturated carbocycles. The van der Waals surface area contributed by atoms with Crippen molar-refractivity contribution in [1.82, 2.24) is 25.0 Å². The van der Waals surface area contributed by atoms with Crippen molar-refractivity contribution in [1.29, 1.82) is 0 Å². The van der Waals surface area contributed by atoms with E-state index in [1.807, 2.05) is 11.8 Å². The summed E-state index contributed by atoms with van der Waals surface area (Å²) >= 11 is 0. The van der Waals surface area contributed by atoms with Crippen LogP contribution in [0, 0.1) is 12.7 Å². The summed E-state index contributed by atoms with van der Waals surface area (Å²) in [5, 5.41) is 3.96. The van der Waals surface area contributed by atoms with Gasteiger partial charge in [0.05, 0.1) is 12.2 Å². The SMILES string of the molecule is CCc1ncnc(N2CCCC(N(C)Cc3noc(C)n3)CC2)c1F. The van der Waals surface area contributed by atoms with Gasteiger partial charge in [0.25, 0.3) is 0 Å². The molecule has 1 atom stereocenters. The maximum Gasteiger partial charge on any atom is 0.223 e. The molecule has 8 heteroatoms. The summed E-state index contributed by atoms with van der Waals surface area (Å²) in [7, 11) is 2.08. The van der Waals surface area contributed by atoms with E-state index in [2.05, 4.69) is 32.1 Å².